The largest absolute Gasteiger partial charge is 0.418 e. The first-order valence-electron chi connectivity index (χ1n) is 5.02. The van der Waals surface area contributed by atoms with Gasteiger partial charge in [-0.05, 0) is 24.3 Å². The molecule has 1 radical (unpaired) electrons. The van der Waals surface area contributed by atoms with Crippen LogP contribution in [0.5, 0.6) is 0 Å². The average Bonchev–Trinajstić information content (AvgIpc) is 2.79. The Morgan fingerprint density at radius 3 is 2.11 bits per heavy atom. The van der Waals surface area contributed by atoms with Crippen LogP contribution in [0, 0.1) is 6.07 Å². The highest BCUT2D eigenvalue weighted by Gasteiger charge is 2.38. The maximum atomic E-state index is 12.8. The van der Waals surface area contributed by atoms with Crippen LogP contribution in [-0.4, -0.2) is 4.57 Å². The van der Waals surface area contributed by atoms with E-state index < -0.39 is 23.5 Å². The van der Waals surface area contributed by atoms with Gasteiger partial charge in [0.2, 0.25) is 0 Å². The van der Waals surface area contributed by atoms with Gasteiger partial charge < -0.3 is 4.57 Å². The van der Waals surface area contributed by atoms with Crippen LogP contribution in [0.15, 0.2) is 36.7 Å². The van der Waals surface area contributed by atoms with E-state index >= 15 is 0 Å². The Morgan fingerprint density at radius 2 is 1.63 bits per heavy atom. The standard InChI is InChI=1S/C12H6F6N/c13-11(14,15)8-3-4-10(19-5-1-2-6-19)9(7-8)12(16,17)18/h1,3-7H. The lowest BCUT2D eigenvalue weighted by Gasteiger charge is -2.16. The summed E-state index contributed by atoms with van der Waals surface area (Å²) in [6, 6.07) is 5.40. The summed E-state index contributed by atoms with van der Waals surface area (Å²) in [4.78, 5) is 0. The summed E-state index contributed by atoms with van der Waals surface area (Å²) in [5.41, 5.74) is -3.05. The van der Waals surface area contributed by atoms with Gasteiger partial charge in [0, 0.05) is 18.5 Å². The summed E-state index contributed by atoms with van der Waals surface area (Å²) >= 11 is 0. The van der Waals surface area contributed by atoms with Gasteiger partial charge in [-0.3, -0.25) is 0 Å². The van der Waals surface area contributed by atoms with E-state index in [1.165, 1.54) is 18.5 Å². The van der Waals surface area contributed by atoms with E-state index in [-0.39, 0.29) is 11.8 Å². The van der Waals surface area contributed by atoms with Crippen LogP contribution in [0.1, 0.15) is 11.1 Å². The minimum atomic E-state index is -4.87. The minimum Gasteiger partial charge on any atom is -0.323 e. The lowest BCUT2D eigenvalue weighted by atomic mass is 10.1. The molecular weight excluding hydrogens is 272 g/mol. The number of rotatable bonds is 1. The molecule has 0 aliphatic carbocycles. The molecule has 101 valence electrons. The molecular formula is C12H6F6N. The maximum absolute atomic E-state index is 12.8. The van der Waals surface area contributed by atoms with Crippen molar-refractivity contribution in [1.82, 2.24) is 4.57 Å². The second kappa shape index (κ2) is 4.32. The number of hydrogen-bond acceptors (Lipinski definition) is 0. The fourth-order valence-corrected chi connectivity index (χ4v) is 1.60. The summed E-state index contributed by atoms with van der Waals surface area (Å²) in [7, 11) is 0. The lowest BCUT2D eigenvalue weighted by Crippen LogP contribution is -2.14. The van der Waals surface area contributed by atoms with Crippen molar-refractivity contribution in [2.45, 2.75) is 12.4 Å². The third-order valence-electron chi connectivity index (χ3n) is 2.45. The Balaban J connectivity index is 2.63. The molecule has 1 nitrogen and oxygen atoms in total. The van der Waals surface area contributed by atoms with E-state index in [0.29, 0.717) is 6.07 Å². The van der Waals surface area contributed by atoms with Crippen molar-refractivity contribution in [3.05, 3.63) is 53.9 Å². The van der Waals surface area contributed by atoms with Crippen LogP contribution in [0.4, 0.5) is 26.3 Å². The minimum absolute atomic E-state index is 0.106. The van der Waals surface area contributed by atoms with Crippen molar-refractivity contribution < 1.29 is 26.3 Å². The van der Waals surface area contributed by atoms with Gasteiger partial charge in [0.15, 0.2) is 0 Å². The maximum Gasteiger partial charge on any atom is 0.418 e. The third kappa shape index (κ3) is 2.74. The predicted molar refractivity (Wildman–Crippen MR) is 54.6 cm³/mol. The second-order valence-electron chi connectivity index (χ2n) is 3.75. The Morgan fingerprint density at radius 1 is 0.947 bits per heavy atom. The summed E-state index contributed by atoms with van der Waals surface area (Å²) in [6.07, 6.45) is -7.21. The monoisotopic (exact) mass is 278 g/mol. The molecule has 0 saturated carbocycles. The lowest BCUT2D eigenvalue weighted by molar-refractivity contribution is -0.143. The summed E-state index contributed by atoms with van der Waals surface area (Å²) in [5, 5.41) is 0. The third-order valence-corrected chi connectivity index (χ3v) is 2.45. The fourth-order valence-electron chi connectivity index (χ4n) is 1.60. The molecule has 7 heteroatoms. The zero-order chi connectivity index (χ0) is 14.3. The quantitative estimate of drug-likeness (QED) is 0.685. The highest BCUT2D eigenvalue weighted by atomic mass is 19.4. The molecule has 2 rings (SSSR count). The molecule has 0 bridgehead atoms. The zero-order valence-electron chi connectivity index (χ0n) is 9.18. The number of benzene rings is 1. The topological polar surface area (TPSA) is 4.93 Å². The van der Waals surface area contributed by atoms with Gasteiger partial charge in [-0.1, -0.05) is 0 Å². The Labute approximate surface area is 104 Å². The molecule has 19 heavy (non-hydrogen) atoms. The van der Waals surface area contributed by atoms with Crippen molar-refractivity contribution >= 4 is 0 Å². The van der Waals surface area contributed by atoms with E-state index in [2.05, 4.69) is 6.07 Å². The molecule has 0 fully saturated rings. The van der Waals surface area contributed by atoms with Gasteiger partial charge in [-0.25, -0.2) is 0 Å². The Hall–Kier alpha value is -1.92. The normalized spacial score (nSPS) is 12.7. The molecule has 1 aromatic heterocycles. The van der Waals surface area contributed by atoms with Crippen molar-refractivity contribution in [2.24, 2.45) is 0 Å². The van der Waals surface area contributed by atoms with Crippen LogP contribution >= 0.6 is 0 Å². The van der Waals surface area contributed by atoms with Crippen molar-refractivity contribution in [3.63, 3.8) is 0 Å². The van der Waals surface area contributed by atoms with Gasteiger partial charge in [-0.2, -0.15) is 26.3 Å². The Bertz CT molecular complexity index is 565. The molecule has 2 aromatic rings. The van der Waals surface area contributed by atoms with E-state index in [4.69, 9.17) is 0 Å². The molecule has 0 amide bonds. The van der Waals surface area contributed by atoms with Crippen LogP contribution in [0.3, 0.4) is 0 Å². The molecule has 0 saturated heterocycles. The smallest absolute Gasteiger partial charge is 0.323 e. The van der Waals surface area contributed by atoms with Gasteiger partial charge in [0.25, 0.3) is 0 Å². The summed E-state index contributed by atoms with van der Waals surface area (Å²) in [6.45, 7) is 0. The highest BCUT2D eigenvalue weighted by Crippen LogP contribution is 2.38. The van der Waals surface area contributed by atoms with E-state index in [1.807, 2.05) is 0 Å². The first-order valence-corrected chi connectivity index (χ1v) is 5.02. The molecule has 0 atom stereocenters. The molecule has 0 unspecified atom stereocenters. The van der Waals surface area contributed by atoms with Gasteiger partial charge in [0.05, 0.1) is 16.8 Å². The molecule has 0 N–H and O–H groups in total. The number of hydrogen-bond donors (Lipinski definition) is 0. The summed E-state index contributed by atoms with van der Waals surface area (Å²) < 4.78 is 76.9. The molecule has 0 aliphatic heterocycles. The van der Waals surface area contributed by atoms with Crippen LogP contribution < -0.4 is 0 Å². The average molecular weight is 278 g/mol. The van der Waals surface area contributed by atoms with Crippen LogP contribution in [-0.2, 0) is 12.4 Å². The van der Waals surface area contributed by atoms with Crippen LogP contribution in [0.25, 0.3) is 5.69 Å². The van der Waals surface area contributed by atoms with Crippen molar-refractivity contribution in [3.8, 4) is 5.69 Å². The van der Waals surface area contributed by atoms with Crippen LogP contribution in [0.2, 0.25) is 0 Å². The van der Waals surface area contributed by atoms with E-state index in [0.717, 1.165) is 10.6 Å². The SMILES string of the molecule is FC(F)(F)c1ccc(-n2c[c]cc2)c(C(F)(F)F)c1. The highest BCUT2D eigenvalue weighted by molar-refractivity contribution is 5.46. The first-order chi connectivity index (χ1) is 8.69. The molecule has 1 heterocycles. The zero-order valence-corrected chi connectivity index (χ0v) is 9.18. The van der Waals surface area contributed by atoms with E-state index in [9.17, 15) is 26.3 Å². The number of aromatic nitrogens is 1. The van der Waals surface area contributed by atoms with Crippen molar-refractivity contribution in [2.75, 3.05) is 0 Å². The Kier molecular flexibility index (Phi) is 3.07. The van der Waals surface area contributed by atoms with Gasteiger partial charge in [0.1, 0.15) is 0 Å². The number of nitrogens with zero attached hydrogens (tertiary/aromatic N) is 1. The predicted octanol–water partition coefficient (Wildman–Crippen LogP) is 4.32. The molecule has 0 spiro atoms. The van der Waals surface area contributed by atoms with E-state index in [1.54, 1.807) is 0 Å². The molecule has 0 aliphatic rings. The fraction of sp³-hybridized carbons (Fsp3) is 0.167. The van der Waals surface area contributed by atoms with Crippen molar-refractivity contribution in [1.29, 1.82) is 0 Å². The number of alkyl halides is 6. The molecule has 1 aromatic carbocycles. The van der Waals surface area contributed by atoms with Gasteiger partial charge >= 0.3 is 12.4 Å². The number of halogens is 6. The van der Waals surface area contributed by atoms with Gasteiger partial charge in [-0.15, -0.1) is 0 Å². The first kappa shape index (κ1) is 13.5. The summed E-state index contributed by atoms with van der Waals surface area (Å²) in [5.74, 6) is 0. The second-order valence-corrected chi connectivity index (χ2v) is 3.75.